The highest BCUT2D eigenvalue weighted by Crippen LogP contribution is 2.38. The van der Waals surface area contributed by atoms with Gasteiger partial charge in [-0.05, 0) is 61.3 Å². The molecule has 1 aliphatic heterocycles. The molecule has 3 heterocycles. The summed E-state index contributed by atoms with van der Waals surface area (Å²) in [5, 5.41) is 4.85. The van der Waals surface area contributed by atoms with Crippen LogP contribution in [0.5, 0.6) is 0 Å². The lowest BCUT2D eigenvalue weighted by molar-refractivity contribution is 0.144. The zero-order chi connectivity index (χ0) is 23.7. The number of nitrogens with zero attached hydrogens (tertiary/aromatic N) is 6. The number of pyridine rings is 1. The van der Waals surface area contributed by atoms with Crippen LogP contribution in [0.25, 0.3) is 11.4 Å². The highest BCUT2D eigenvalue weighted by atomic mass is 32.2. The van der Waals surface area contributed by atoms with E-state index in [9.17, 15) is 8.42 Å². The molecule has 8 nitrogen and oxygen atoms in total. The lowest BCUT2D eigenvalue weighted by Crippen LogP contribution is -2.48. The van der Waals surface area contributed by atoms with E-state index in [-0.39, 0.29) is 0 Å². The summed E-state index contributed by atoms with van der Waals surface area (Å²) in [5.74, 6) is 0.877. The third-order valence-electron chi connectivity index (χ3n) is 6.49. The Balaban J connectivity index is 1.27. The molecule has 0 N–H and O–H groups in total. The summed E-state index contributed by atoms with van der Waals surface area (Å²) in [7, 11) is -3.49. The van der Waals surface area contributed by atoms with Crippen LogP contribution in [0.15, 0.2) is 53.7 Å². The molecule has 1 saturated heterocycles. The monoisotopic (exact) mass is 498 g/mol. The van der Waals surface area contributed by atoms with Gasteiger partial charge in [0, 0.05) is 50.2 Å². The fourth-order valence-electron chi connectivity index (χ4n) is 4.44. The number of aromatic nitrogens is 4. The molecule has 2 fully saturated rings. The van der Waals surface area contributed by atoms with E-state index in [1.165, 1.54) is 5.56 Å². The van der Waals surface area contributed by atoms with Gasteiger partial charge in [-0.1, -0.05) is 25.5 Å². The average molecular weight is 499 g/mol. The Morgan fingerprint density at radius 2 is 1.68 bits per heavy atom. The van der Waals surface area contributed by atoms with Crippen LogP contribution >= 0.6 is 12.2 Å². The van der Waals surface area contributed by atoms with Crippen molar-refractivity contribution in [3.63, 3.8) is 0 Å². The molecule has 1 saturated carbocycles. The maximum absolute atomic E-state index is 13.1. The Morgan fingerprint density at radius 1 is 1.00 bits per heavy atom. The van der Waals surface area contributed by atoms with Gasteiger partial charge in [-0.15, -0.1) is 0 Å². The van der Waals surface area contributed by atoms with Gasteiger partial charge in [0.05, 0.1) is 11.6 Å². The van der Waals surface area contributed by atoms with Crippen molar-refractivity contribution in [1.29, 1.82) is 0 Å². The summed E-state index contributed by atoms with van der Waals surface area (Å²) >= 11 is 5.79. The van der Waals surface area contributed by atoms with Gasteiger partial charge in [-0.2, -0.15) is 9.40 Å². The molecule has 5 rings (SSSR count). The first-order valence-electron chi connectivity index (χ1n) is 11.9. The lowest BCUT2D eigenvalue weighted by Gasteiger charge is -2.33. The summed E-state index contributed by atoms with van der Waals surface area (Å²) < 4.78 is 32.6. The molecule has 0 unspecified atom stereocenters. The number of hydrogen-bond donors (Lipinski definition) is 0. The molecular weight excluding hydrogens is 468 g/mol. The van der Waals surface area contributed by atoms with E-state index in [0.717, 1.165) is 41.8 Å². The van der Waals surface area contributed by atoms with Crippen molar-refractivity contribution in [3.05, 3.63) is 59.1 Å². The van der Waals surface area contributed by atoms with E-state index >= 15 is 0 Å². The van der Waals surface area contributed by atoms with Gasteiger partial charge in [0.15, 0.2) is 10.6 Å². The van der Waals surface area contributed by atoms with Crippen LogP contribution in [0.3, 0.4) is 0 Å². The Bertz CT molecular complexity index is 1290. The van der Waals surface area contributed by atoms with E-state index in [0.29, 0.717) is 43.8 Å². The number of benzene rings is 1. The van der Waals surface area contributed by atoms with Gasteiger partial charge in [0.25, 0.3) is 0 Å². The highest BCUT2D eigenvalue weighted by Gasteiger charge is 2.31. The summed E-state index contributed by atoms with van der Waals surface area (Å²) in [4.78, 5) is 6.70. The van der Waals surface area contributed by atoms with E-state index in [1.54, 1.807) is 28.8 Å². The summed E-state index contributed by atoms with van der Waals surface area (Å²) in [6, 6.07) is 11.6. The van der Waals surface area contributed by atoms with Gasteiger partial charge >= 0.3 is 0 Å². The Kier molecular flexibility index (Phi) is 6.65. The normalized spacial score (nSPS) is 17.8. The predicted molar refractivity (Wildman–Crippen MR) is 133 cm³/mol. The maximum atomic E-state index is 13.1. The first kappa shape index (κ1) is 23.3. The lowest BCUT2D eigenvalue weighted by atomic mass is 10.1. The van der Waals surface area contributed by atoms with Crippen molar-refractivity contribution in [2.24, 2.45) is 0 Å². The molecule has 1 aromatic carbocycles. The topological polar surface area (TPSA) is 76.3 Å². The van der Waals surface area contributed by atoms with Crippen molar-refractivity contribution < 1.29 is 8.42 Å². The van der Waals surface area contributed by atoms with Gasteiger partial charge in [0.2, 0.25) is 10.0 Å². The number of sulfonamides is 1. The molecule has 0 amide bonds. The molecule has 10 heteroatoms. The SMILES string of the molecule is CCCc1ccc(S(=O)(=O)N2CCN(Cn3nc(-c4ccncc4)n(C4CC4)c3=S)CC2)cc1. The average Bonchev–Trinajstić information content (AvgIpc) is 3.64. The molecule has 0 radical (unpaired) electrons. The van der Waals surface area contributed by atoms with Crippen molar-refractivity contribution in [1.82, 2.24) is 28.5 Å². The summed E-state index contributed by atoms with van der Waals surface area (Å²) in [6.45, 7) is 4.84. The summed E-state index contributed by atoms with van der Waals surface area (Å²) in [6.07, 6.45) is 7.78. The van der Waals surface area contributed by atoms with E-state index in [1.807, 2.05) is 28.9 Å². The van der Waals surface area contributed by atoms with Gasteiger partial charge < -0.3 is 0 Å². The van der Waals surface area contributed by atoms with Gasteiger partial charge in [0.1, 0.15) is 0 Å². The highest BCUT2D eigenvalue weighted by molar-refractivity contribution is 7.89. The van der Waals surface area contributed by atoms with E-state index < -0.39 is 10.0 Å². The molecule has 2 aliphatic rings. The van der Waals surface area contributed by atoms with Crippen molar-refractivity contribution in [2.75, 3.05) is 26.2 Å². The van der Waals surface area contributed by atoms with E-state index in [2.05, 4.69) is 21.4 Å². The third-order valence-corrected chi connectivity index (χ3v) is 8.81. The van der Waals surface area contributed by atoms with Crippen molar-refractivity contribution in [2.45, 2.75) is 50.2 Å². The zero-order valence-corrected chi connectivity index (χ0v) is 21.0. The van der Waals surface area contributed by atoms with Crippen molar-refractivity contribution in [3.8, 4) is 11.4 Å². The fraction of sp³-hybridized carbons (Fsp3) is 0.458. The minimum Gasteiger partial charge on any atom is -0.297 e. The molecule has 0 atom stereocenters. The zero-order valence-electron chi connectivity index (χ0n) is 19.4. The first-order valence-corrected chi connectivity index (χ1v) is 13.7. The minimum atomic E-state index is -3.49. The summed E-state index contributed by atoms with van der Waals surface area (Å²) in [5.41, 5.74) is 2.17. The second kappa shape index (κ2) is 9.69. The predicted octanol–water partition coefficient (Wildman–Crippen LogP) is 3.73. The first-order chi connectivity index (χ1) is 16.5. The molecule has 0 bridgehead atoms. The van der Waals surface area contributed by atoms with Crippen LogP contribution in [0.2, 0.25) is 0 Å². The van der Waals surface area contributed by atoms with Crippen LogP contribution in [0, 0.1) is 4.77 Å². The molecule has 2 aromatic heterocycles. The molecule has 180 valence electrons. The number of aryl methyl sites for hydroxylation is 1. The molecule has 34 heavy (non-hydrogen) atoms. The standard InChI is InChI=1S/C24H30N6O2S2/c1-2-3-19-4-8-22(9-5-19)34(31,32)28-16-14-27(15-17-28)18-29-24(33)30(21-6-7-21)23(26-29)20-10-12-25-13-11-20/h4-5,8-13,21H,2-3,6-7,14-18H2,1H3. The van der Waals surface area contributed by atoms with Crippen LogP contribution in [-0.2, 0) is 23.1 Å². The molecular formula is C24H30N6O2S2. The Morgan fingerprint density at radius 3 is 2.29 bits per heavy atom. The largest absolute Gasteiger partial charge is 0.297 e. The Hall–Kier alpha value is -2.40. The molecule has 3 aromatic rings. The Labute approximate surface area is 205 Å². The van der Waals surface area contributed by atoms with Crippen LogP contribution in [-0.4, -0.2) is 63.1 Å². The smallest absolute Gasteiger partial charge is 0.243 e. The van der Waals surface area contributed by atoms with Crippen LogP contribution in [0.1, 0.15) is 37.8 Å². The van der Waals surface area contributed by atoms with Crippen LogP contribution < -0.4 is 0 Å². The van der Waals surface area contributed by atoms with Crippen molar-refractivity contribution >= 4 is 22.2 Å². The maximum Gasteiger partial charge on any atom is 0.243 e. The number of piperazine rings is 1. The fourth-order valence-corrected chi connectivity index (χ4v) is 6.19. The third kappa shape index (κ3) is 4.72. The van der Waals surface area contributed by atoms with Gasteiger partial charge in [-0.25, -0.2) is 13.1 Å². The van der Waals surface area contributed by atoms with Gasteiger partial charge in [-0.3, -0.25) is 14.5 Å². The number of hydrogen-bond acceptors (Lipinski definition) is 6. The quantitative estimate of drug-likeness (QED) is 0.441. The minimum absolute atomic E-state index is 0.369. The van der Waals surface area contributed by atoms with E-state index in [4.69, 9.17) is 17.3 Å². The molecule has 0 spiro atoms. The second-order valence-corrected chi connectivity index (χ2v) is 11.3. The number of rotatable bonds is 8. The molecule has 1 aliphatic carbocycles. The second-order valence-electron chi connectivity index (χ2n) is 9.00. The van der Waals surface area contributed by atoms with Crippen LogP contribution in [0.4, 0.5) is 0 Å².